The molecule has 1 atom stereocenters. The van der Waals surface area contributed by atoms with Crippen molar-refractivity contribution in [2.75, 3.05) is 0 Å². The first kappa shape index (κ1) is 12.2. The van der Waals surface area contributed by atoms with Crippen LogP contribution in [-0.2, 0) is 0 Å². The van der Waals surface area contributed by atoms with Crippen LogP contribution in [0, 0.1) is 11.6 Å². The molecule has 2 N–H and O–H groups in total. The molecule has 1 unspecified atom stereocenters. The molecule has 0 radical (unpaired) electrons. The largest absolute Gasteiger partial charge is 0.320 e. The lowest BCUT2D eigenvalue weighted by Crippen LogP contribution is -2.12. The summed E-state index contributed by atoms with van der Waals surface area (Å²) in [5, 5.41) is 0. The molecule has 0 aliphatic rings. The zero-order chi connectivity index (χ0) is 12.4. The van der Waals surface area contributed by atoms with Crippen LogP contribution in [0.2, 0.25) is 0 Å². The molecule has 2 aromatic carbocycles. The second-order valence-corrected chi connectivity index (χ2v) is 4.55. The lowest BCUT2D eigenvalue weighted by Gasteiger charge is -2.14. The van der Waals surface area contributed by atoms with Crippen LogP contribution in [-0.4, -0.2) is 0 Å². The van der Waals surface area contributed by atoms with Gasteiger partial charge in [-0.2, -0.15) is 0 Å². The molecule has 0 aliphatic carbocycles. The lowest BCUT2D eigenvalue weighted by atomic mass is 9.99. The summed E-state index contributed by atoms with van der Waals surface area (Å²) in [6.07, 6.45) is 0. The minimum absolute atomic E-state index is 0.337. The van der Waals surface area contributed by atoms with Crippen LogP contribution in [0.1, 0.15) is 17.2 Å². The minimum Gasteiger partial charge on any atom is -0.320 e. The fourth-order valence-corrected chi connectivity index (χ4v) is 2.23. The van der Waals surface area contributed by atoms with Crippen molar-refractivity contribution in [3.8, 4) is 0 Å². The molecule has 0 aliphatic heterocycles. The number of benzene rings is 2. The van der Waals surface area contributed by atoms with Crippen molar-refractivity contribution in [3.05, 3.63) is 69.7 Å². The van der Waals surface area contributed by atoms with Gasteiger partial charge in [-0.1, -0.05) is 34.1 Å². The summed E-state index contributed by atoms with van der Waals surface area (Å²) < 4.78 is 26.6. The number of hydrogen-bond acceptors (Lipinski definition) is 1. The molecule has 88 valence electrons. The first-order valence-electron chi connectivity index (χ1n) is 5.04. The number of halogens is 3. The van der Waals surface area contributed by atoms with Gasteiger partial charge in [-0.3, -0.25) is 0 Å². The van der Waals surface area contributed by atoms with Crippen molar-refractivity contribution in [1.29, 1.82) is 0 Å². The Labute approximate surface area is 106 Å². The SMILES string of the molecule is NC(c1cccc(F)c1)c1ccc(F)cc1Br. The smallest absolute Gasteiger partial charge is 0.124 e. The molecule has 1 nitrogen and oxygen atoms in total. The summed E-state index contributed by atoms with van der Waals surface area (Å²) >= 11 is 3.25. The van der Waals surface area contributed by atoms with E-state index in [0.717, 1.165) is 5.56 Å². The third-order valence-corrected chi connectivity index (χ3v) is 3.19. The van der Waals surface area contributed by atoms with Gasteiger partial charge in [0.1, 0.15) is 11.6 Å². The van der Waals surface area contributed by atoms with Crippen LogP contribution in [0.4, 0.5) is 8.78 Å². The summed E-state index contributed by atoms with van der Waals surface area (Å²) in [5.74, 6) is -0.678. The Kier molecular flexibility index (Phi) is 3.54. The molecule has 0 spiro atoms. The molecule has 0 heterocycles. The van der Waals surface area contributed by atoms with Gasteiger partial charge in [0.15, 0.2) is 0 Å². The molecule has 0 amide bonds. The van der Waals surface area contributed by atoms with Crippen molar-refractivity contribution >= 4 is 15.9 Å². The van der Waals surface area contributed by atoms with Gasteiger partial charge in [-0.25, -0.2) is 8.78 Å². The number of hydrogen-bond donors (Lipinski definition) is 1. The van der Waals surface area contributed by atoms with Crippen LogP contribution in [0.3, 0.4) is 0 Å². The zero-order valence-corrected chi connectivity index (χ0v) is 10.4. The third kappa shape index (κ3) is 2.70. The van der Waals surface area contributed by atoms with E-state index in [-0.39, 0.29) is 11.6 Å². The van der Waals surface area contributed by atoms with Crippen LogP contribution < -0.4 is 5.73 Å². The van der Waals surface area contributed by atoms with Crippen molar-refractivity contribution in [1.82, 2.24) is 0 Å². The van der Waals surface area contributed by atoms with E-state index in [1.54, 1.807) is 18.2 Å². The Morgan fingerprint density at radius 3 is 2.35 bits per heavy atom. The van der Waals surface area contributed by atoms with E-state index in [9.17, 15) is 8.78 Å². The van der Waals surface area contributed by atoms with Gasteiger partial charge >= 0.3 is 0 Å². The maximum Gasteiger partial charge on any atom is 0.124 e. The van der Waals surface area contributed by atoms with Crippen LogP contribution in [0.15, 0.2) is 46.9 Å². The minimum atomic E-state index is -0.485. The van der Waals surface area contributed by atoms with Crippen molar-refractivity contribution in [3.63, 3.8) is 0 Å². The zero-order valence-electron chi connectivity index (χ0n) is 8.83. The summed E-state index contributed by atoms with van der Waals surface area (Å²) in [7, 11) is 0. The highest BCUT2D eigenvalue weighted by Crippen LogP contribution is 2.27. The molecular formula is C13H10BrF2N. The molecule has 0 aromatic heterocycles. The maximum absolute atomic E-state index is 13.1. The predicted molar refractivity (Wildman–Crippen MR) is 66.5 cm³/mol. The van der Waals surface area contributed by atoms with Crippen LogP contribution in [0.25, 0.3) is 0 Å². The molecule has 2 rings (SSSR count). The van der Waals surface area contributed by atoms with Gasteiger partial charge in [0, 0.05) is 4.47 Å². The fraction of sp³-hybridized carbons (Fsp3) is 0.0769. The summed E-state index contributed by atoms with van der Waals surface area (Å²) in [6, 6.07) is 9.85. The van der Waals surface area contributed by atoms with E-state index < -0.39 is 6.04 Å². The van der Waals surface area contributed by atoms with Crippen molar-refractivity contribution < 1.29 is 8.78 Å². The maximum atomic E-state index is 13.1. The van der Waals surface area contributed by atoms with Crippen LogP contribution >= 0.6 is 15.9 Å². The monoisotopic (exact) mass is 297 g/mol. The normalized spacial score (nSPS) is 12.5. The van der Waals surface area contributed by atoms with E-state index in [0.29, 0.717) is 10.0 Å². The highest BCUT2D eigenvalue weighted by molar-refractivity contribution is 9.10. The number of rotatable bonds is 2. The Morgan fingerprint density at radius 1 is 1.00 bits per heavy atom. The average molecular weight is 298 g/mol. The topological polar surface area (TPSA) is 26.0 Å². The Hall–Kier alpha value is -1.26. The quantitative estimate of drug-likeness (QED) is 0.897. The summed E-state index contributed by atoms with van der Waals surface area (Å²) in [4.78, 5) is 0. The standard InChI is InChI=1S/C13H10BrF2N/c14-12-7-10(16)4-5-11(12)13(17)8-2-1-3-9(15)6-8/h1-7,13H,17H2. The molecule has 4 heteroatoms. The van der Waals surface area contributed by atoms with E-state index in [2.05, 4.69) is 15.9 Å². The molecular weight excluding hydrogens is 288 g/mol. The van der Waals surface area contributed by atoms with Gasteiger partial charge in [0.2, 0.25) is 0 Å². The Morgan fingerprint density at radius 2 is 1.71 bits per heavy atom. The van der Waals surface area contributed by atoms with Crippen molar-refractivity contribution in [2.45, 2.75) is 6.04 Å². The Bertz CT molecular complexity index is 543. The van der Waals surface area contributed by atoms with Crippen molar-refractivity contribution in [2.24, 2.45) is 5.73 Å². The first-order valence-corrected chi connectivity index (χ1v) is 5.83. The molecule has 0 fully saturated rings. The van der Waals surface area contributed by atoms with Gasteiger partial charge in [-0.15, -0.1) is 0 Å². The molecule has 17 heavy (non-hydrogen) atoms. The highest BCUT2D eigenvalue weighted by atomic mass is 79.9. The highest BCUT2D eigenvalue weighted by Gasteiger charge is 2.13. The third-order valence-electron chi connectivity index (χ3n) is 2.51. The second kappa shape index (κ2) is 4.94. The fourth-order valence-electron chi connectivity index (χ4n) is 1.63. The van der Waals surface area contributed by atoms with Gasteiger partial charge in [0.25, 0.3) is 0 Å². The molecule has 0 saturated heterocycles. The van der Waals surface area contributed by atoms with E-state index >= 15 is 0 Å². The predicted octanol–water partition coefficient (Wildman–Crippen LogP) is 3.78. The van der Waals surface area contributed by atoms with Gasteiger partial charge in [-0.05, 0) is 35.4 Å². The first-order chi connectivity index (χ1) is 8.08. The Balaban J connectivity index is 2.40. The van der Waals surface area contributed by atoms with E-state index in [1.165, 1.54) is 24.3 Å². The number of nitrogens with two attached hydrogens (primary N) is 1. The summed E-state index contributed by atoms with van der Waals surface area (Å²) in [6.45, 7) is 0. The molecule has 0 bridgehead atoms. The van der Waals surface area contributed by atoms with Crippen LogP contribution in [0.5, 0.6) is 0 Å². The van der Waals surface area contributed by atoms with Gasteiger partial charge < -0.3 is 5.73 Å². The van der Waals surface area contributed by atoms with E-state index in [1.807, 2.05) is 0 Å². The van der Waals surface area contributed by atoms with E-state index in [4.69, 9.17) is 5.73 Å². The molecule has 2 aromatic rings. The summed E-state index contributed by atoms with van der Waals surface area (Å²) in [5.41, 5.74) is 7.39. The average Bonchev–Trinajstić information content (AvgIpc) is 2.28. The second-order valence-electron chi connectivity index (χ2n) is 3.70. The lowest BCUT2D eigenvalue weighted by molar-refractivity contribution is 0.621. The molecule has 0 saturated carbocycles. The van der Waals surface area contributed by atoms with Gasteiger partial charge in [0.05, 0.1) is 6.04 Å².